The van der Waals surface area contributed by atoms with Gasteiger partial charge >= 0.3 is 12.0 Å². The van der Waals surface area contributed by atoms with Gasteiger partial charge in [-0.3, -0.25) is 4.79 Å². The summed E-state index contributed by atoms with van der Waals surface area (Å²) < 4.78 is 0. The molecule has 2 saturated carbocycles. The van der Waals surface area contributed by atoms with Gasteiger partial charge in [-0.2, -0.15) is 0 Å². The fraction of sp³-hybridized carbons (Fsp3) is 0.846. The van der Waals surface area contributed by atoms with Crippen molar-refractivity contribution in [2.45, 2.75) is 39.0 Å². The van der Waals surface area contributed by atoms with Crippen LogP contribution >= 0.6 is 0 Å². The number of carbonyl (C=O) groups excluding carboxylic acids is 1. The molecule has 0 bridgehead atoms. The SMILES string of the molecule is CC(CNC(=O)NCC1(C2CC2)CC1)CC(=O)O. The molecular formula is C13H22N2O3. The second-order valence-electron chi connectivity index (χ2n) is 5.90. The van der Waals surface area contributed by atoms with Crippen LogP contribution < -0.4 is 10.6 Å². The molecule has 0 radical (unpaired) electrons. The van der Waals surface area contributed by atoms with Crippen LogP contribution in [0.15, 0.2) is 0 Å². The summed E-state index contributed by atoms with van der Waals surface area (Å²) in [6.45, 7) is 3.01. The van der Waals surface area contributed by atoms with Crippen molar-refractivity contribution in [3.63, 3.8) is 0 Å². The average molecular weight is 254 g/mol. The van der Waals surface area contributed by atoms with Gasteiger partial charge in [0, 0.05) is 19.5 Å². The predicted molar refractivity (Wildman–Crippen MR) is 67.2 cm³/mol. The first-order valence-corrected chi connectivity index (χ1v) is 6.75. The van der Waals surface area contributed by atoms with Crippen LogP contribution in [0.2, 0.25) is 0 Å². The minimum Gasteiger partial charge on any atom is -0.481 e. The number of hydrogen-bond donors (Lipinski definition) is 3. The zero-order chi connectivity index (χ0) is 13.2. The highest BCUT2D eigenvalue weighted by molar-refractivity contribution is 5.74. The second-order valence-corrected chi connectivity index (χ2v) is 5.90. The van der Waals surface area contributed by atoms with Crippen molar-refractivity contribution in [3.8, 4) is 0 Å². The van der Waals surface area contributed by atoms with Crippen LogP contribution in [0, 0.1) is 17.3 Å². The summed E-state index contributed by atoms with van der Waals surface area (Å²) in [5.74, 6) is -0.0225. The monoisotopic (exact) mass is 254 g/mol. The molecular weight excluding hydrogens is 232 g/mol. The first-order valence-electron chi connectivity index (χ1n) is 6.75. The van der Waals surface area contributed by atoms with Crippen molar-refractivity contribution in [3.05, 3.63) is 0 Å². The summed E-state index contributed by atoms with van der Waals surface area (Å²) in [5, 5.41) is 14.3. The van der Waals surface area contributed by atoms with Crippen LogP contribution in [0.5, 0.6) is 0 Å². The number of carboxylic acids is 1. The molecule has 2 aliphatic rings. The van der Waals surface area contributed by atoms with Crippen LogP contribution in [-0.2, 0) is 4.79 Å². The molecule has 2 rings (SSSR count). The van der Waals surface area contributed by atoms with Gasteiger partial charge in [0.2, 0.25) is 0 Å². The van der Waals surface area contributed by atoms with Gasteiger partial charge in [0.05, 0.1) is 0 Å². The highest BCUT2D eigenvalue weighted by Gasteiger charge is 2.53. The first kappa shape index (κ1) is 13.2. The summed E-state index contributed by atoms with van der Waals surface area (Å²) in [4.78, 5) is 22.1. The molecule has 0 aromatic rings. The van der Waals surface area contributed by atoms with E-state index < -0.39 is 5.97 Å². The van der Waals surface area contributed by atoms with Crippen molar-refractivity contribution in [2.75, 3.05) is 13.1 Å². The molecule has 0 heterocycles. The molecule has 1 unspecified atom stereocenters. The zero-order valence-electron chi connectivity index (χ0n) is 10.9. The van der Waals surface area contributed by atoms with E-state index in [1.807, 2.05) is 6.92 Å². The van der Waals surface area contributed by atoms with Crippen LogP contribution in [0.1, 0.15) is 39.0 Å². The van der Waals surface area contributed by atoms with Crippen molar-refractivity contribution < 1.29 is 14.7 Å². The smallest absolute Gasteiger partial charge is 0.314 e. The van der Waals surface area contributed by atoms with E-state index in [4.69, 9.17) is 5.11 Å². The van der Waals surface area contributed by atoms with Crippen molar-refractivity contribution >= 4 is 12.0 Å². The van der Waals surface area contributed by atoms with Gasteiger partial charge in [-0.1, -0.05) is 6.92 Å². The molecule has 2 amide bonds. The molecule has 1 atom stereocenters. The fourth-order valence-electron chi connectivity index (χ4n) is 2.54. The van der Waals surface area contributed by atoms with E-state index in [0.717, 1.165) is 12.5 Å². The van der Waals surface area contributed by atoms with Gasteiger partial charge in [0.1, 0.15) is 0 Å². The van der Waals surface area contributed by atoms with E-state index in [2.05, 4.69) is 10.6 Å². The molecule has 2 aliphatic carbocycles. The highest BCUT2D eigenvalue weighted by Crippen LogP contribution is 2.60. The third-order valence-corrected chi connectivity index (χ3v) is 4.07. The third-order valence-electron chi connectivity index (χ3n) is 4.07. The van der Waals surface area contributed by atoms with Gasteiger partial charge in [-0.25, -0.2) is 4.79 Å². The number of nitrogens with one attached hydrogen (secondary N) is 2. The Balaban J connectivity index is 1.59. The number of amides is 2. The molecule has 0 saturated heterocycles. The number of hydrogen-bond acceptors (Lipinski definition) is 2. The maximum Gasteiger partial charge on any atom is 0.314 e. The van der Waals surface area contributed by atoms with Crippen LogP contribution in [-0.4, -0.2) is 30.2 Å². The molecule has 102 valence electrons. The Bertz CT molecular complexity index is 335. The molecule has 5 nitrogen and oxygen atoms in total. The highest BCUT2D eigenvalue weighted by atomic mass is 16.4. The third kappa shape index (κ3) is 3.62. The first-order chi connectivity index (χ1) is 8.52. The maximum atomic E-state index is 11.6. The van der Waals surface area contributed by atoms with Crippen molar-refractivity contribution in [1.82, 2.24) is 10.6 Å². The minimum atomic E-state index is -0.824. The quantitative estimate of drug-likeness (QED) is 0.645. The normalized spacial score (nSPS) is 22.1. The summed E-state index contributed by atoms with van der Waals surface area (Å²) >= 11 is 0. The lowest BCUT2D eigenvalue weighted by Crippen LogP contribution is -2.41. The van der Waals surface area contributed by atoms with E-state index in [9.17, 15) is 9.59 Å². The average Bonchev–Trinajstić information content (AvgIpc) is 3.14. The molecule has 0 spiro atoms. The molecule has 0 aromatic carbocycles. The number of urea groups is 1. The maximum absolute atomic E-state index is 11.6. The Labute approximate surface area is 107 Å². The largest absolute Gasteiger partial charge is 0.481 e. The van der Waals surface area contributed by atoms with Gasteiger partial charge in [-0.05, 0) is 42.9 Å². The lowest BCUT2D eigenvalue weighted by Gasteiger charge is -2.16. The Hall–Kier alpha value is -1.26. The zero-order valence-corrected chi connectivity index (χ0v) is 10.9. The summed E-state index contributed by atoms with van der Waals surface area (Å²) in [5.41, 5.74) is 0.407. The molecule has 2 fully saturated rings. The Morgan fingerprint density at radius 1 is 1.33 bits per heavy atom. The number of carbonyl (C=O) groups is 2. The van der Waals surface area contributed by atoms with Gasteiger partial charge < -0.3 is 15.7 Å². The lowest BCUT2D eigenvalue weighted by atomic mass is 10.0. The second kappa shape index (κ2) is 5.16. The summed E-state index contributed by atoms with van der Waals surface area (Å²) in [6.07, 6.45) is 5.21. The van der Waals surface area contributed by atoms with Crippen molar-refractivity contribution in [1.29, 1.82) is 0 Å². The minimum absolute atomic E-state index is 0.0356. The van der Waals surface area contributed by atoms with E-state index in [1.165, 1.54) is 25.7 Å². The van der Waals surface area contributed by atoms with Crippen molar-refractivity contribution in [2.24, 2.45) is 17.3 Å². The molecule has 5 heteroatoms. The Morgan fingerprint density at radius 3 is 2.50 bits per heavy atom. The van der Waals surface area contributed by atoms with Crippen LogP contribution in [0.25, 0.3) is 0 Å². The van der Waals surface area contributed by atoms with Crippen LogP contribution in [0.4, 0.5) is 4.79 Å². The lowest BCUT2D eigenvalue weighted by molar-refractivity contribution is -0.137. The van der Waals surface area contributed by atoms with Gasteiger partial charge in [0.15, 0.2) is 0 Å². The summed E-state index contributed by atoms with van der Waals surface area (Å²) in [6, 6.07) is -0.167. The Kier molecular flexibility index (Phi) is 3.78. The van der Waals surface area contributed by atoms with E-state index in [1.54, 1.807) is 0 Å². The molecule has 18 heavy (non-hydrogen) atoms. The molecule has 0 aromatic heterocycles. The molecule has 3 N–H and O–H groups in total. The number of carboxylic acid groups (broad SMARTS) is 1. The fourth-order valence-corrected chi connectivity index (χ4v) is 2.54. The summed E-state index contributed by atoms with van der Waals surface area (Å²) in [7, 11) is 0. The topological polar surface area (TPSA) is 78.4 Å². The predicted octanol–water partition coefficient (Wildman–Crippen LogP) is 1.59. The van der Waals surface area contributed by atoms with Crippen LogP contribution in [0.3, 0.4) is 0 Å². The standard InChI is InChI=1S/C13H22N2O3/c1-9(6-11(16)17)7-14-12(18)15-8-13(4-5-13)10-2-3-10/h9-10H,2-8H2,1H3,(H,16,17)(H2,14,15,18). The van der Waals surface area contributed by atoms with E-state index in [0.29, 0.717) is 12.0 Å². The Morgan fingerprint density at radius 2 is 2.00 bits per heavy atom. The van der Waals surface area contributed by atoms with Gasteiger partial charge in [0.25, 0.3) is 0 Å². The van der Waals surface area contributed by atoms with Gasteiger partial charge in [-0.15, -0.1) is 0 Å². The number of aliphatic carboxylic acids is 1. The number of rotatable bonds is 7. The van der Waals surface area contributed by atoms with E-state index >= 15 is 0 Å². The molecule has 0 aliphatic heterocycles. The van der Waals surface area contributed by atoms with E-state index in [-0.39, 0.29) is 18.4 Å².